The molecule has 0 bridgehead atoms. The number of hydrogen-bond acceptors (Lipinski definition) is 6. The fourth-order valence-electron chi connectivity index (χ4n) is 4.42. The van der Waals surface area contributed by atoms with Crippen LogP contribution in [0.2, 0.25) is 0 Å². The number of carbonyl (C=O) groups excluding carboxylic acids is 1. The van der Waals surface area contributed by atoms with Crippen LogP contribution in [0.3, 0.4) is 0 Å². The number of fused-ring (bicyclic) bond motifs is 1. The largest absolute Gasteiger partial charge is 0.497 e. The highest BCUT2D eigenvalue weighted by Crippen LogP contribution is 2.30. The molecule has 0 N–H and O–H groups in total. The molecule has 5 rings (SSSR count). The van der Waals surface area contributed by atoms with Crippen molar-refractivity contribution in [3.63, 3.8) is 0 Å². The fourth-order valence-corrected chi connectivity index (χ4v) is 4.42. The molecule has 8 nitrogen and oxygen atoms in total. The monoisotopic (exact) mass is 443 g/mol. The second-order valence-electron chi connectivity index (χ2n) is 8.13. The first kappa shape index (κ1) is 21.1. The van der Waals surface area contributed by atoms with Gasteiger partial charge in [-0.2, -0.15) is 0 Å². The van der Waals surface area contributed by atoms with Crippen LogP contribution in [-0.2, 0) is 11.8 Å². The number of aromatic nitrogens is 4. The van der Waals surface area contributed by atoms with Gasteiger partial charge in [-0.05, 0) is 36.8 Å². The van der Waals surface area contributed by atoms with Crippen LogP contribution in [0.1, 0.15) is 27.8 Å². The number of ether oxygens (including phenoxy) is 2. The van der Waals surface area contributed by atoms with Crippen molar-refractivity contribution in [2.75, 3.05) is 26.8 Å². The van der Waals surface area contributed by atoms with Gasteiger partial charge in [0.25, 0.3) is 5.91 Å². The fraction of sp³-hybridized carbons (Fsp3) is 0.280. The van der Waals surface area contributed by atoms with Crippen molar-refractivity contribution < 1.29 is 14.3 Å². The number of aryl methyl sites for hydroxylation is 2. The number of benzene rings is 1. The van der Waals surface area contributed by atoms with Gasteiger partial charge in [-0.1, -0.05) is 6.07 Å². The van der Waals surface area contributed by atoms with Crippen LogP contribution in [-0.4, -0.2) is 57.1 Å². The Hall–Kier alpha value is -3.78. The number of hydrogen-bond donors (Lipinski definition) is 0. The summed E-state index contributed by atoms with van der Waals surface area (Å²) in [7, 11) is 3.58. The predicted octanol–water partition coefficient (Wildman–Crippen LogP) is 3.56. The lowest BCUT2D eigenvalue weighted by atomic mass is 10.1. The zero-order chi connectivity index (χ0) is 22.9. The number of methoxy groups -OCH3 is 1. The van der Waals surface area contributed by atoms with Crippen molar-refractivity contribution in [1.82, 2.24) is 24.4 Å². The summed E-state index contributed by atoms with van der Waals surface area (Å²) in [4.78, 5) is 28.1. The zero-order valence-corrected chi connectivity index (χ0v) is 18.9. The smallest absolute Gasteiger partial charge is 0.270 e. The summed E-state index contributed by atoms with van der Waals surface area (Å²) in [6, 6.07) is 9.80. The molecular weight excluding hydrogens is 418 g/mol. The zero-order valence-electron chi connectivity index (χ0n) is 18.9. The van der Waals surface area contributed by atoms with Gasteiger partial charge in [0.2, 0.25) is 0 Å². The van der Waals surface area contributed by atoms with E-state index in [1.54, 1.807) is 25.7 Å². The summed E-state index contributed by atoms with van der Waals surface area (Å²) in [6.45, 7) is 3.44. The SMILES string of the molecule is COc1ccc2c(c1)c(C)c(C(=O)N1CCOC(c3ccc(-c4cncnc4)cn3)C1)n2C. The summed E-state index contributed by atoms with van der Waals surface area (Å²) in [5.74, 6) is 0.773. The van der Waals surface area contributed by atoms with Crippen molar-refractivity contribution in [2.45, 2.75) is 13.0 Å². The second-order valence-corrected chi connectivity index (χ2v) is 8.13. The van der Waals surface area contributed by atoms with Crippen LogP contribution in [0.4, 0.5) is 0 Å². The number of carbonyl (C=O) groups is 1. The molecule has 8 heteroatoms. The third-order valence-electron chi connectivity index (χ3n) is 6.23. The first-order valence-corrected chi connectivity index (χ1v) is 10.8. The van der Waals surface area contributed by atoms with E-state index < -0.39 is 0 Å². The number of pyridine rings is 1. The van der Waals surface area contributed by atoms with E-state index in [1.807, 2.05) is 53.8 Å². The molecule has 0 radical (unpaired) electrons. The Labute approximate surface area is 191 Å². The normalized spacial score (nSPS) is 16.2. The Bertz CT molecular complexity index is 1300. The van der Waals surface area contributed by atoms with Gasteiger partial charge in [-0.25, -0.2) is 9.97 Å². The molecule has 3 aromatic heterocycles. The van der Waals surface area contributed by atoms with Gasteiger partial charge < -0.3 is 18.9 Å². The average molecular weight is 444 g/mol. The molecule has 1 aromatic carbocycles. The minimum Gasteiger partial charge on any atom is -0.497 e. The van der Waals surface area contributed by atoms with Gasteiger partial charge in [0.05, 0.1) is 26.0 Å². The summed E-state index contributed by atoms with van der Waals surface area (Å²) in [5, 5.41) is 1.02. The van der Waals surface area contributed by atoms with Crippen molar-refractivity contribution in [3.05, 3.63) is 72.2 Å². The van der Waals surface area contributed by atoms with E-state index >= 15 is 0 Å². The van der Waals surface area contributed by atoms with Gasteiger partial charge in [0, 0.05) is 54.2 Å². The van der Waals surface area contributed by atoms with Crippen molar-refractivity contribution in [2.24, 2.45) is 7.05 Å². The van der Waals surface area contributed by atoms with E-state index in [0.717, 1.165) is 39.0 Å². The molecule has 1 atom stereocenters. The maximum atomic E-state index is 13.6. The van der Waals surface area contributed by atoms with Gasteiger partial charge in [-0.3, -0.25) is 9.78 Å². The Kier molecular flexibility index (Phi) is 5.51. The highest BCUT2D eigenvalue weighted by atomic mass is 16.5. The lowest BCUT2D eigenvalue weighted by Gasteiger charge is -2.33. The molecule has 1 fully saturated rings. The highest BCUT2D eigenvalue weighted by molar-refractivity contribution is 6.02. The van der Waals surface area contributed by atoms with Gasteiger partial charge in [-0.15, -0.1) is 0 Å². The molecule has 0 saturated carbocycles. The molecule has 4 heterocycles. The summed E-state index contributed by atoms with van der Waals surface area (Å²) < 4.78 is 13.3. The Morgan fingerprint density at radius 3 is 2.67 bits per heavy atom. The third-order valence-corrected chi connectivity index (χ3v) is 6.23. The minimum absolute atomic E-state index is 0.00322. The van der Waals surface area contributed by atoms with Gasteiger partial charge >= 0.3 is 0 Å². The van der Waals surface area contributed by atoms with Gasteiger partial charge in [0.15, 0.2) is 0 Å². The molecule has 1 amide bonds. The maximum absolute atomic E-state index is 13.6. The number of rotatable bonds is 4. The van der Waals surface area contributed by atoms with E-state index in [9.17, 15) is 4.79 Å². The quantitative estimate of drug-likeness (QED) is 0.480. The van der Waals surface area contributed by atoms with Crippen molar-refractivity contribution in [3.8, 4) is 16.9 Å². The molecule has 168 valence electrons. The summed E-state index contributed by atoms with van der Waals surface area (Å²) in [5.41, 5.74) is 5.28. The van der Waals surface area contributed by atoms with E-state index in [1.165, 1.54) is 6.33 Å². The average Bonchev–Trinajstić information content (AvgIpc) is 3.13. The maximum Gasteiger partial charge on any atom is 0.270 e. The van der Waals surface area contributed by atoms with Crippen molar-refractivity contribution in [1.29, 1.82) is 0 Å². The van der Waals surface area contributed by atoms with E-state index in [-0.39, 0.29) is 12.0 Å². The Balaban J connectivity index is 1.38. The number of nitrogens with zero attached hydrogens (tertiary/aromatic N) is 5. The molecule has 1 unspecified atom stereocenters. The Morgan fingerprint density at radius 1 is 1.12 bits per heavy atom. The lowest BCUT2D eigenvalue weighted by Crippen LogP contribution is -2.43. The summed E-state index contributed by atoms with van der Waals surface area (Å²) >= 11 is 0. The van der Waals surface area contributed by atoms with E-state index in [0.29, 0.717) is 25.4 Å². The van der Waals surface area contributed by atoms with E-state index in [2.05, 4.69) is 15.0 Å². The minimum atomic E-state index is -0.279. The lowest BCUT2D eigenvalue weighted by molar-refractivity contribution is -0.0250. The van der Waals surface area contributed by atoms with Gasteiger partial charge in [0.1, 0.15) is 23.9 Å². The van der Waals surface area contributed by atoms with Crippen LogP contribution >= 0.6 is 0 Å². The standard InChI is InChI=1S/C25H25N5O3/c1-16-20-10-19(32-3)5-7-22(20)29(2)24(16)25(31)30-8-9-33-23(14-30)21-6-4-17(13-28-21)18-11-26-15-27-12-18/h4-7,10-13,15,23H,8-9,14H2,1-3H3. The number of morpholine rings is 1. The van der Waals surface area contributed by atoms with E-state index in [4.69, 9.17) is 9.47 Å². The van der Waals surface area contributed by atoms with Crippen LogP contribution in [0.25, 0.3) is 22.0 Å². The molecule has 33 heavy (non-hydrogen) atoms. The molecule has 1 aliphatic heterocycles. The van der Waals surface area contributed by atoms with Crippen LogP contribution < -0.4 is 4.74 Å². The topological polar surface area (TPSA) is 82.4 Å². The molecule has 4 aromatic rings. The van der Waals surface area contributed by atoms with Crippen molar-refractivity contribution >= 4 is 16.8 Å². The molecular formula is C25H25N5O3. The van der Waals surface area contributed by atoms with Crippen LogP contribution in [0.5, 0.6) is 5.75 Å². The molecule has 1 aliphatic rings. The van der Waals surface area contributed by atoms with Crippen LogP contribution in [0.15, 0.2) is 55.2 Å². The first-order chi connectivity index (χ1) is 16.1. The second kappa shape index (κ2) is 8.63. The third kappa shape index (κ3) is 3.82. The molecule has 0 spiro atoms. The first-order valence-electron chi connectivity index (χ1n) is 10.8. The predicted molar refractivity (Wildman–Crippen MR) is 124 cm³/mol. The number of amides is 1. The summed E-state index contributed by atoms with van der Waals surface area (Å²) in [6.07, 6.45) is 6.52. The Morgan fingerprint density at radius 2 is 1.94 bits per heavy atom. The highest BCUT2D eigenvalue weighted by Gasteiger charge is 2.30. The molecule has 0 aliphatic carbocycles. The van der Waals surface area contributed by atoms with Crippen LogP contribution in [0, 0.1) is 6.92 Å². The molecule has 1 saturated heterocycles.